The standard InChI is InChI=1S/C13H10O6S/c1-3-6-7-4(14)2-5(15)9(17)13(7)20-12(6)11(19)10(18)8(3)16/h2,14-19H,1H3. The molecule has 0 aliphatic carbocycles. The van der Waals surface area contributed by atoms with Crippen LogP contribution in [0.3, 0.4) is 0 Å². The van der Waals surface area contributed by atoms with Gasteiger partial charge in [-0.1, -0.05) is 0 Å². The minimum absolute atomic E-state index is 0.154. The van der Waals surface area contributed by atoms with E-state index in [2.05, 4.69) is 0 Å². The zero-order valence-electron chi connectivity index (χ0n) is 10.2. The lowest BCUT2D eigenvalue weighted by Crippen LogP contribution is -1.80. The van der Waals surface area contributed by atoms with Gasteiger partial charge in [0.15, 0.2) is 23.0 Å². The molecule has 0 unspecified atom stereocenters. The number of rotatable bonds is 0. The number of aryl methyl sites for hydroxylation is 1. The first-order valence-corrected chi connectivity index (χ1v) is 6.39. The fourth-order valence-corrected chi connectivity index (χ4v) is 3.53. The number of fused-ring (bicyclic) bond motifs is 3. The summed E-state index contributed by atoms with van der Waals surface area (Å²) in [7, 11) is 0. The average molecular weight is 294 g/mol. The molecule has 1 aromatic heterocycles. The molecule has 2 aromatic carbocycles. The van der Waals surface area contributed by atoms with E-state index < -0.39 is 28.7 Å². The van der Waals surface area contributed by atoms with Gasteiger partial charge in [0.05, 0.1) is 9.40 Å². The Kier molecular flexibility index (Phi) is 2.33. The number of hydrogen-bond acceptors (Lipinski definition) is 7. The molecule has 0 saturated carbocycles. The maximum atomic E-state index is 9.95. The molecule has 0 aliphatic rings. The molecule has 1 heterocycles. The summed E-state index contributed by atoms with van der Waals surface area (Å²) < 4.78 is 0.352. The largest absolute Gasteiger partial charge is 0.507 e. The van der Waals surface area contributed by atoms with E-state index in [1.54, 1.807) is 0 Å². The van der Waals surface area contributed by atoms with E-state index in [9.17, 15) is 30.6 Å². The van der Waals surface area contributed by atoms with Gasteiger partial charge in [-0.3, -0.25) is 0 Å². The SMILES string of the molecule is Cc1c(O)c(O)c(O)c2sc3c(O)c(O)cc(O)c3c12. The molecular formula is C13H10O6S. The molecule has 0 fully saturated rings. The number of phenols is 6. The van der Waals surface area contributed by atoms with Crippen LogP contribution in [0.15, 0.2) is 6.07 Å². The topological polar surface area (TPSA) is 121 Å². The van der Waals surface area contributed by atoms with E-state index in [1.165, 1.54) is 6.92 Å². The molecule has 0 spiro atoms. The van der Waals surface area contributed by atoms with Crippen molar-refractivity contribution in [2.24, 2.45) is 0 Å². The fourth-order valence-electron chi connectivity index (χ4n) is 2.27. The molecule has 3 rings (SSSR count). The fraction of sp³-hybridized carbons (Fsp3) is 0.0769. The number of hydrogen-bond donors (Lipinski definition) is 6. The Bertz CT molecular complexity index is 880. The van der Waals surface area contributed by atoms with Crippen LogP contribution in [-0.2, 0) is 0 Å². The summed E-state index contributed by atoms with van der Waals surface area (Å²) in [5.41, 5.74) is 0.252. The van der Waals surface area contributed by atoms with Crippen molar-refractivity contribution >= 4 is 31.5 Å². The lowest BCUT2D eigenvalue weighted by molar-refractivity contribution is 0.370. The van der Waals surface area contributed by atoms with Gasteiger partial charge < -0.3 is 30.6 Å². The Morgan fingerprint density at radius 2 is 1.30 bits per heavy atom. The number of thiophene rings is 1. The molecule has 0 bridgehead atoms. The van der Waals surface area contributed by atoms with Crippen molar-refractivity contribution in [3.05, 3.63) is 11.6 Å². The molecule has 7 heteroatoms. The van der Waals surface area contributed by atoms with Crippen molar-refractivity contribution in [1.82, 2.24) is 0 Å². The first kappa shape index (κ1) is 12.5. The third kappa shape index (κ3) is 1.32. The Hall–Kier alpha value is -2.54. The Balaban J connectivity index is 2.71. The summed E-state index contributed by atoms with van der Waals surface area (Å²) in [5.74, 6) is -2.92. The summed E-state index contributed by atoms with van der Waals surface area (Å²) in [6.45, 7) is 1.51. The van der Waals surface area contributed by atoms with Crippen LogP contribution in [0.2, 0.25) is 0 Å². The van der Waals surface area contributed by atoms with Crippen molar-refractivity contribution in [2.45, 2.75) is 6.92 Å². The van der Waals surface area contributed by atoms with Gasteiger partial charge in [-0.05, 0) is 6.92 Å². The van der Waals surface area contributed by atoms with Crippen LogP contribution in [0, 0.1) is 6.92 Å². The highest BCUT2D eigenvalue weighted by molar-refractivity contribution is 7.26. The number of benzene rings is 2. The smallest absolute Gasteiger partial charge is 0.202 e. The minimum atomic E-state index is -0.662. The zero-order valence-corrected chi connectivity index (χ0v) is 11.0. The van der Waals surface area contributed by atoms with Gasteiger partial charge in [0.25, 0.3) is 0 Å². The molecule has 0 atom stereocenters. The monoisotopic (exact) mass is 294 g/mol. The van der Waals surface area contributed by atoms with E-state index in [1.807, 2.05) is 0 Å². The Morgan fingerprint density at radius 3 is 1.95 bits per heavy atom. The number of aromatic hydroxyl groups is 6. The second-order valence-corrected chi connectivity index (χ2v) is 5.47. The first-order chi connectivity index (χ1) is 9.34. The van der Waals surface area contributed by atoms with Crippen LogP contribution in [0.1, 0.15) is 5.56 Å². The second kappa shape index (κ2) is 3.73. The van der Waals surface area contributed by atoms with Crippen LogP contribution >= 0.6 is 11.3 Å². The maximum Gasteiger partial charge on any atom is 0.202 e. The van der Waals surface area contributed by atoms with Gasteiger partial charge in [0.1, 0.15) is 5.75 Å². The lowest BCUT2D eigenvalue weighted by Gasteiger charge is -2.07. The molecule has 0 amide bonds. The zero-order chi connectivity index (χ0) is 14.8. The van der Waals surface area contributed by atoms with E-state index in [0.29, 0.717) is 5.39 Å². The molecule has 3 aromatic rings. The van der Waals surface area contributed by atoms with E-state index in [-0.39, 0.29) is 26.1 Å². The van der Waals surface area contributed by atoms with E-state index >= 15 is 0 Å². The Morgan fingerprint density at radius 1 is 0.700 bits per heavy atom. The summed E-state index contributed by atoms with van der Waals surface area (Å²) in [4.78, 5) is 0. The van der Waals surface area contributed by atoms with Crippen molar-refractivity contribution in [3.8, 4) is 34.5 Å². The van der Waals surface area contributed by atoms with Crippen LogP contribution in [-0.4, -0.2) is 30.6 Å². The molecule has 6 nitrogen and oxygen atoms in total. The van der Waals surface area contributed by atoms with Crippen LogP contribution in [0.4, 0.5) is 0 Å². The quantitative estimate of drug-likeness (QED) is 0.280. The molecular weight excluding hydrogens is 284 g/mol. The van der Waals surface area contributed by atoms with Gasteiger partial charge in [-0.15, -0.1) is 11.3 Å². The minimum Gasteiger partial charge on any atom is -0.507 e. The molecule has 0 saturated heterocycles. The molecule has 0 aliphatic heterocycles. The van der Waals surface area contributed by atoms with Crippen molar-refractivity contribution < 1.29 is 30.6 Å². The predicted octanol–water partition coefficient (Wildman–Crippen LogP) is 2.60. The van der Waals surface area contributed by atoms with Gasteiger partial charge in [-0.2, -0.15) is 0 Å². The van der Waals surface area contributed by atoms with E-state index in [0.717, 1.165) is 17.4 Å². The third-order valence-corrected chi connectivity index (χ3v) is 4.49. The molecule has 104 valence electrons. The highest BCUT2D eigenvalue weighted by Gasteiger charge is 2.24. The molecule has 6 N–H and O–H groups in total. The number of phenolic OH excluding ortho intramolecular Hbond substituents is 6. The summed E-state index contributed by atoms with van der Waals surface area (Å²) in [5, 5.41) is 59.1. The average Bonchev–Trinajstić information content (AvgIpc) is 2.81. The molecule has 20 heavy (non-hydrogen) atoms. The Labute approximate surface area is 116 Å². The third-order valence-electron chi connectivity index (χ3n) is 3.29. The van der Waals surface area contributed by atoms with E-state index in [4.69, 9.17) is 0 Å². The van der Waals surface area contributed by atoms with Crippen LogP contribution in [0.25, 0.3) is 20.2 Å². The highest BCUT2D eigenvalue weighted by atomic mass is 32.1. The van der Waals surface area contributed by atoms with Crippen molar-refractivity contribution in [1.29, 1.82) is 0 Å². The first-order valence-electron chi connectivity index (χ1n) is 5.58. The van der Waals surface area contributed by atoms with Gasteiger partial charge in [0.2, 0.25) is 5.75 Å². The summed E-state index contributed by atoms with van der Waals surface area (Å²) >= 11 is 0.889. The van der Waals surface area contributed by atoms with Gasteiger partial charge in [0, 0.05) is 22.4 Å². The lowest BCUT2D eigenvalue weighted by atomic mass is 10.0. The van der Waals surface area contributed by atoms with Gasteiger partial charge in [-0.25, -0.2) is 0 Å². The van der Waals surface area contributed by atoms with Crippen molar-refractivity contribution in [3.63, 3.8) is 0 Å². The summed E-state index contributed by atoms with van der Waals surface area (Å²) in [6, 6.07) is 0.976. The highest BCUT2D eigenvalue weighted by Crippen LogP contribution is 2.54. The van der Waals surface area contributed by atoms with Crippen LogP contribution in [0.5, 0.6) is 34.5 Å². The van der Waals surface area contributed by atoms with Gasteiger partial charge >= 0.3 is 0 Å². The van der Waals surface area contributed by atoms with Crippen LogP contribution < -0.4 is 0 Å². The summed E-state index contributed by atoms with van der Waals surface area (Å²) in [6.07, 6.45) is 0. The predicted molar refractivity (Wildman–Crippen MR) is 74.1 cm³/mol. The molecule has 0 radical (unpaired) electrons. The normalized spacial score (nSPS) is 11.4. The maximum absolute atomic E-state index is 9.95. The van der Waals surface area contributed by atoms with Crippen molar-refractivity contribution in [2.75, 3.05) is 0 Å². The second-order valence-electron chi connectivity index (χ2n) is 4.44.